The summed E-state index contributed by atoms with van der Waals surface area (Å²) in [4.78, 5) is 44.5. The van der Waals surface area contributed by atoms with E-state index >= 15 is 0 Å². The maximum Gasteiger partial charge on any atom is 0.264 e. The zero-order valence-corrected chi connectivity index (χ0v) is 30.0. The lowest BCUT2D eigenvalue weighted by Crippen LogP contribution is -2.47. The van der Waals surface area contributed by atoms with Crippen molar-refractivity contribution in [3.63, 3.8) is 0 Å². The monoisotopic (exact) mass is 700 g/mol. The van der Waals surface area contributed by atoms with Gasteiger partial charge in [0.05, 0.1) is 29.5 Å². The van der Waals surface area contributed by atoms with Crippen LogP contribution in [0.5, 0.6) is 5.75 Å². The number of amides is 3. The summed E-state index contributed by atoms with van der Waals surface area (Å²) in [6.07, 6.45) is 10.3. The minimum atomic E-state index is -3.72. The maximum atomic E-state index is 14.6. The van der Waals surface area contributed by atoms with Crippen molar-refractivity contribution in [3.8, 4) is 17.0 Å². The van der Waals surface area contributed by atoms with E-state index in [1.807, 2.05) is 34.1 Å². The van der Waals surface area contributed by atoms with Crippen molar-refractivity contribution in [2.75, 3.05) is 26.7 Å². The molecule has 0 radical (unpaired) electrons. The third-order valence-corrected chi connectivity index (χ3v) is 14.0. The number of hydrogen-bond donors (Lipinski definition) is 1. The Morgan fingerprint density at radius 3 is 2.32 bits per heavy atom. The molecule has 3 amide bonds. The van der Waals surface area contributed by atoms with Crippen LogP contribution < -0.4 is 9.46 Å². The molecule has 266 valence electrons. The van der Waals surface area contributed by atoms with Crippen molar-refractivity contribution in [2.45, 2.75) is 101 Å². The highest BCUT2D eigenvalue weighted by Gasteiger charge is 2.55. The fourth-order valence-electron chi connectivity index (χ4n) is 9.16. The predicted octanol–water partition coefficient (Wildman–Crippen LogP) is 5.84. The molecule has 1 N–H and O–H groups in total. The van der Waals surface area contributed by atoms with E-state index in [2.05, 4.69) is 21.4 Å². The van der Waals surface area contributed by atoms with E-state index < -0.39 is 26.6 Å². The zero-order valence-electron chi connectivity index (χ0n) is 29.2. The fraction of sp³-hybridized carbons (Fsp3) is 0.564. The number of fused-ring (bicyclic) bond motifs is 2. The molecule has 3 aliphatic carbocycles. The van der Waals surface area contributed by atoms with E-state index in [9.17, 15) is 22.8 Å². The summed E-state index contributed by atoms with van der Waals surface area (Å²) >= 11 is 0. The van der Waals surface area contributed by atoms with E-state index in [1.54, 1.807) is 20.1 Å². The molecule has 11 heteroatoms. The number of rotatable bonds is 9. The first-order valence-electron chi connectivity index (χ1n) is 18.5. The second-order valence-electron chi connectivity index (χ2n) is 15.5. The van der Waals surface area contributed by atoms with E-state index in [0.717, 1.165) is 85.8 Å². The Balaban J connectivity index is 1.22. The van der Waals surface area contributed by atoms with E-state index in [4.69, 9.17) is 4.74 Å². The zero-order chi connectivity index (χ0) is 34.8. The highest BCUT2D eigenvalue weighted by atomic mass is 32.2. The van der Waals surface area contributed by atoms with Crippen molar-refractivity contribution >= 4 is 38.6 Å². The Kier molecular flexibility index (Phi) is 8.47. The molecule has 0 spiro atoms. The van der Waals surface area contributed by atoms with Crippen LogP contribution in [-0.4, -0.2) is 78.5 Å². The number of aromatic nitrogens is 1. The van der Waals surface area contributed by atoms with Crippen LogP contribution in [0.25, 0.3) is 22.2 Å². The molecule has 10 nitrogen and oxygen atoms in total. The maximum absolute atomic E-state index is 14.6. The highest BCUT2D eigenvalue weighted by Crippen LogP contribution is 2.53. The number of methoxy groups -OCH3 is 1. The minimum Gasteiger partial charge on any atom is -0.497 e. The molecule has 3 aromatic rings. The fourth-order valence-corrected chi connectivity index (χ4v) is 10.5. The highest BCUT2D eigenvalue weighted by molar-refractivity contribution is 7.91. The average molecular weight is 701 g/mol. The molecule has 3 heterocycles. The molecule has 1 aromatic heterocycles. The average Bonchev–Trinajstić information content (AvgIpc) is 4.05. The molecule has 0 bridgehead atoms. The summed E-state index contributed by atoms with van der Waals surface area (Å²) in [6, 6.07) is 13.7. The topological polar surface area (TPSA) is 118 Å². The molecule has 2 aliphatic heterocycles. The molecule has 2 unspecified atom stereocenters. The minimum absolute atomic E-state index is 0.0779. The Morgan fingerprint density at radius 1 is 0.920 bits per heavy atom. The number of sulfonamides is 1. The van der Waals surface area contributed by atoms with Crippen LogP contribution in [-0.2, 0) is 26.2 Å². The van der Waals surface area contributed by atoms with Crippen molar-refractivity contribution in [3.05, 3.63) is 53.6 Å². The number of nitrogens with one attached hydrogen (secondary N) is 1. The largest absolute Gasteiger partial charge is 0.497 e. The number of hydrogen-bond acceptors (Lipinski definition) is 6. The van der Waals surface area contributed by atoms with Gasteiger partial charge in [-0.2, -0.15) is 0 Å². The van der Waals surface area contributed by atoms with Crippen molar-refractivity contribution in [1.82, 2.24) is 19.1 Å². The molecule has 2 atom stereocenters. The van der Waals surface area contributed by atoms with Gasteiger partial charge in [-0.25, -0.2) is 13.1 Å². The molecule has 8 rings (SSSR count). The second kappa shape index (κ2) is 12.7. The van der Waals surface area contributed by atoms with Crippen LogP contribution in [0.1, 0.15) is 99.4 Å². The predicted molar refractivity (Wildman–Crippen MR) is 191 cm³/mol. The normalized spacial score (nSPS) is 23.5. The number of nitrogens with zero attached hydrogens (tertiary/aromatic N) is 3. The van der Waals surface area contributed by atoms with Crippen molar-refractivity contribution < 1.29 is 27.5 Å². The van der Waals surface area contributed by atoms with Gasteiger partial charge in [-0.15, -0.1) is 0 Å². The first-order valence-corrected chi connectivity index (χ1v) is 20.1. The van der Waals surface area contributed by atoms with Gasteiger partial charge in [-0.1, -0.05) is 25.3 Å². The van der Waals surface area contributed by atoms with Gasteiger partial charge in [0.1, 0.15) is 5.75 Å². The summed E-state index contributed by atoms with van der Waals surface area (Å²) in [6.45, 7) is 4.11. The van der Waals surface area contributed by atoms with Crippen molar-refractivity contribution in [2.24, 2.45) is 11.3 Å². The van der Waals surface area contributed by atoms with Gasteiger partial charge < -0.3 is 19.1 Å². The standard InChI is InChI=1S/C39H48N4O6S/c1-25(44)42-20-6-9-29-22-41(23-34(29)42)38(46)39(18-19-39)24-43-33-21-28(37(45)40-50(47,48)31-15-16-31)12-17-32(33)35(26-7-4-3-5-8-26)36(43)27-10-13-30(49-2)14-11-27/h10-14,17,21,26,29,31,34H,3-9,15-16,18-20,22-24H2,1-2H3,(H,40,45). The number of carbonyl (C=O) groups is 3. The molecular formula is C39H48N4O6S. The number of benzene rings is 2. The van der Waals surface area contributed by atoms with Crippen LogP contribution in [0, 0.1) is 11.3 Å². The van der Waals surface area contributed by atoms with Crippen LogP contribution >= 0.6 is 0 Å². The molecule has 2 aromatic carbocycles. The Bertz CT molecular complexity index is 1940. The van der Waals surface area contributed by atoms with Gasteiger partial charge in [0.2, 0.25) is 21.8 Å². The lowest BCUT2D eigenvalue weighted by molar-refractivity contribution is -0.138. The van der Waals surface area contributed by atoms with Crippen molar-refractivity contribution in [1.29, 1.82) is 0 Å². The summed E-state index contributed by atoms with van der Waals surface area (Å²) < 4.78 is 35.6. The van der Waals surface area contributed by atoms with E-state index in [0.29, 0.717) is 49.9 Å². The van der Waals surface area contributed by atoms with Gasteiger partial charge in [-0.05, 0) is 111 Å². The summed E-state index contributed by atoms with van der Waals surface area (Å²) in [5.41, 5.74) is 3.90. The molecule has 2 saturated heterocycles. The summed E-state index contributed by atoms with van der Waals surface area (Å²) in [5.74, 6) is 1.00. The number of carbonyl (C=O) groups excluding carboxylic acids is 3. The number of likely N-dealkylation sites (tertiary alicyclic amines) is 2. The van der Waals surface area contributed by atoms with Gasteiger partial charge in [-0.3, -0.25) is 14.4 Å². The van der Waals surface area contributed by atoms with Gasteiger partial charge in [0, 0.05) is 49.6 Å². The molecule has 5 fully saturated rings. The third kappa shape index (κ3) is 5.99. The van der Waals surface area contributed by atoms with Crippen LogP contribution in [0.15, 0.2) is 42.5 Å². The molecular weight excluding hydrogens is 653 g/mol. The smallest absolute Gasteiger partial charge is 0.264 e. The Morgan fingerprint density at radius 2 is 1.66 bits per heavy atom. The van der Waals surface area contributed by atoms with Crippen LogP contribution in [0.4, 0.5) is 0 Å². The Hall–Kier alpha value is -3.86. The van der Waals surface area contributed by atoms with Gasteiger partial charge in [0.25, 0.3) is 5.91 Å². The first-order chi connectivity index (χ1) is 24.1. The number of ether oxygens (including phenoxy) is 1. The Labute approximate surface area is 294 Å². The van der Waals surface area contributed by atoms with Gasteiger partial charge in [0.15, 0.2) is 0 Å². The van der Waals surface area contributed by atoms with Crippen LogP contribution in [0.2, 0.25) is 0 Å². The molecule has 3 saturated carbocycles. The van der Waals surface area contributed by atoms with Gasteiger partial charge >= 0.3 is 0 Å². The third-order valence-electron chi connectivity index (χ3n) is 12.2. The van der Waals surface area contributed by atoms with Crippen LogP contribution in [0.3, 0.4) is 0 Å². The lowest BCUT2D eigenvalue weighted by Gasteiger charge is -2.36. The summed E-state index contributed by atoms with van der Waals surface area (Å²) in [7, 11) is -2.06. The summed E-state index contributed by atoms with van der Waals surface area (Å²) in [5, 5.41) is 0.549. The van der Waals surface area contributed by atoms with E-state index in [1.165, 1.54) is 12.0 Å². The SMILES string of the molecule is COc1ccc(-c2c(C3CCCCC3)c3ccc(C(=O)NS(=O)(=O)C4CC4)cc3n2CC2(C(=O)N3CC4CCCN(C(C)=O)C4C3)CC2)cc1. The number of piperidine rings is 1. The quantitative estimate of drug-likeness (QED) is 0.300. The molecule has 5 aliphatic rings. The lowest BCUT2D eigenvalue weighted by atomic mass is 9.81. The molecule has 50 heavy (non-hydrogen) atoms. The second-order valence-corrected chi connectivity index (χ2v) is 17.5. The van der Waals surface area contributed by atoms with E-state index in [-0.39, 0.29) is 17.9 Å². The first kappa shape index (κ1) is 33.3.